The highest BCUT2D eigenvalue weighted by Gasteiger charge is 2.26. The molecular weight excluding hydrogens is 242 g/mol. The van der Waals surface area contributed by atoms with Gasteiger partial charge in [-0.05, 0) is 43.7 Å². The monoisotopic (exact) mass is 261 g/mol. The summed E-state index contributed by atoms with van der Waals surface area (Å²) in [5.74, 6) is -1.09. The first kappa shape index (κ1) is 12.5. The Morgan fingerprint density at radius 3 is 2.58 bits per heavy atom. The molecule has 0 radical (unpaired) electrons. The van der Waals surface area contributed by atoms with Gasteiger partial charge < -0.3 is 9.67 Å². The molecule has 1 saturated carbocycles. The summed E-state index contributed by atoms with van der Waals surface area (Å²) in [4.78, 5) is 23.7. The molecule has 1 aromatic rings. The van der Waals surface area contributed by atoms with Crippen LogP contribution in [0.1, 0.15) is 66.2 Å². The van der Waals surface area contributed by atoms with Crippen molar-refractivity contribution in [3.8, 4) is 0 Å². The van der Waals surface area contributed by atoms with Crippen molar-refractivity contribution in [2.75, 3.05) is 0 Å². The van der Waals surface area contributed by atoms with Gasteiger partial charge in [0.05, 0.1) is 0 Å². The van der Waals surface area contributed by atoms with Crippen LogP contribution in [0.4, 0.5) is 0 Å². The van der Waals surface area contributed by atoms with E-state index in [-0.39, 0.29) is 17.2 Å². The van der Waals surface area contributed by atoms with Crippen LogP contribution in [0.15, 0.2) is 10.9 Å². The second-order valence-corrected chi connectivity index (χ2v) is 5.66. The Bertz CT molecular complexity index is 567. The lowest BCUT2D eigenvalue weighted by molar-refractivity contribution is 0.0693. The molecule has 4 nitrogen and oxygen atoms in total. The topological polar surface area (TPSA) is 59.3 Å². The maximum absolute atomic E-state index is 12.5. The van der Waals surface area contributed by atoms with E-state index >= 15 is 0 Å². The van der Waals surface area contributed by atoms with Gasteiger partial charge in [-0.1, -0.05) is 19.3 Å². The van der Waals surface area contributed by atoms with Crippen molar-refractivity contribution in [2.24, 2.45) is 0 Å². The smallest absolute Gasteiger partial charge is 0.341 e. The summed E-state index contributed by atoms with van der Waals surface area (Å²) in [6.07, 6.45) is 8.39. The highest BCUT2D eigenvalue weighted by Crippen LogP contribution is 2.31. The molecule has 1 aromatic heterocycles. The summed E-state index contributed by atoms with van der Waals surface area (Å²) in [5, 5.41) is 9.21. The Morgan fingerprint density at radius 1 is 1.16 bits per heavy atom. The van der Waals surface area contributed by atoms with Gasteiger partial charge in [-0.25, -0.2) is 4.79 Å². The molecular formula is C15H19NO3. The third-order valence-corrected chi connectivity index (χ3v) is 4.46. The Hall–Kier alpha value is -1.58. The van der Waals surface area contributed by atoms with Gasteiger partial charge in [0, 0.05) is 11.7 Å². The summed E-state index contributed by atoms with van der Waals surface area (Å²) in [6.45, 7) is 0. The first-order valence-electron chi connectivity index (χ1n) is 7.19. The second kappa shape index (κ2) is 4.83. The number of hydrogen-bond acceptors (Lipinski definition) is 2. The zero-order valence-corrected chi connectivity index (χ0v) is 11.0. The van der Waals surface area contributed by atoms with Gasteiger partial charge in [-0.3, -0.25) is 4.79 Å². The lowest BCUT2D eigenvalue weighted by Crippen LogP contribution is -2.33. The molecule has 0 bridgehead atoms. The zero-order chi connectivity index (χ0) is 13.4. The third kappa shape index (κ3) is 2.09. The average molecular weight is 261 g/mol. The molecule has 1 fully saturated rings. The van der Waals surface area contributed by atoms with Crippen molar-refractivity contribution in [1.29, 1.82) is 0 Å². The van der Waals surface area contributed by atoms with Gasteiger partial charge in [0.2, 0.25) is 0 Å². The van der Waals surface area contributed by atoms with Gasteiger partial charge in [-0.15, -0.1) is 0 Å². The van der Waals surface area contributed by atoms with E-state index in [4.69, 9.17) is 0 Å². The first-order chi connectivity index (χ1) is 9.18. The quantitative estimate of drug-likeness (QED) is 0.890. The van der Waals surface area contributed by atoms with E-state index in [2.05, 4.69) is 0 Å². The summed E-state index contributed by atoms with van der Waals surface area (Å²) < 4.78 is 1.82. The van der Waals surface area contributed by atoms with E-state index < -0.39 is 5.97 Å². The maximum Gasteiger partial charge on any atom is 0.341 e. The molecule has 1 N–H and O–H groups in total. The number of aromatic nitrogens is 1. The van der Waals surface area contributed by atoms with Gasteiger partial charge in [-0.2, -0.15) is 0 Å². The summed E-state index contributed by atoms with van der Waals surface area (Å²) in [7, 11) is 0. The minimum absolute atomic E-state index is 0.0498. The summed E-state index contributed by atoms with van der Waals surface area (Å²) in [5.41, 5.74) is 1.83. The van der Waals surface area contributed by atoms with Crippen molar-refractivity contribution in [2.45, 2.75) is 57.4 Å². The number of carbonyl (C=O) groups is 1. The molecule has 0 saturated heterocycles. The van der Waals surface area contributed by atoms with Crippen LogP contribution >= 0.6 is 0 Å². The lowest BCUT2D eigenvalue weighted by atomic mass is 9.94. The minimum Gasteiger partial charge on any atom is -0.477 e. The Kier molecular flexibility index (Phi) is 3.17. The Balaban J connectivity index is 2.15. The van der Waals surface area contributed by atoms with Crippen molar-refractivity contribution in [1.82, 2.24) is 4.57 Å². The number of carboxylic acids is 1. The number of rotatable bonds is 2. The Labute approximate surface area is 112 Å². The molecule has 19 heavy (non-hydrogen) atoms. The van der Waals surface area contributed by atoms with Gasteiger partial charge in [0.1, 0.15) is 5.56 Å². The van der Waals surface area contributed by atoms with Crippen LogP contribution in [0.2, 0.25) is 0 Å². The maximum atomic E-state index is 12.5. The standard InChI is InChI=1S/C15H19NO3/c17-14-12(15(18)19)9-10-5-4-8-13(10)16(14)11-6-2-1-3-7-11/h9,11H,1-8H2,(H,18,19). The van der Waals surface area contributed by atoms with Gasteiger partial charge in [0.15, 0.2) is 0 Å². The SMILES string of the molecule is O=C(O)c1cc2c(n(C3CCCCC3)c1=O)CCC2. The van der Waals surface area contributed by atoms with E-state index in [1.807, 2.05) is 4.57 Å². The van der Waals surface area contributed by atoms with Crippen LogP contribution in [0, 0.1) is 0 Å². The van der Waals surface area contributed by atoms with E-state index in [1.165, 1.54) is 6.42 Å². The molecule has 102 valence electrons. The summed E-state index contributed by atoms with van der Waals surface area (Å²) >= 11 is 0. The van der Waals surface area contributed by atoms with Crippen molar-refractivity contribution >= 4 is 5.97 Å². The van der Waals surface area contributed by atoms with Gasteiger partial charge in [0.25, 0.3) is 5.56 Å². The number of aryl methyl sites for hydroxylation is 1. The molecule has 0 aliphatic heterocycles. The molecule has 3 rings (SSSR count). The minimum atomic E-state index is -1.09. The van der Waals surface area contributed by atoms with E-state index in [9.17, 15) is 14.7 Å². The van der Waals surface area contributed by atoms with Crippen LogP contribution in [0.3, 0.4) is 0 Å². The van der Waals surface area contributed by atoms with Crippen LogP contribution in [0.25, 0.3) is 0 Å². The molecule has 0 spiro atoms. The number of hydrogen-bond donors (Lipinski definition) is 1. The van der Waals surface area contributed by atoms with Crippen LogP contribution in [-0.2, 0) is 12.8 Å². The normalized spacial score (nSPS) is 19.4. The highest BCUT2D eigenvalue weighted by molar-refractivity contribution is 5.87. The predicted molar refractivity (Wildman–Crippen MR) is 71.8 cm³/mol. The lowest BCUT2D eigenvalue weighted by Gasteiger charge is -2.27. The van der Waals surface area contributed by atoms with Crippen LogP contribution in [-0.4, -0.2) is 15.6 Å². The number of pyridine rings is 1. The van der Waals surface area contributed by atoms with Gasteiger partial charge >= 0.3 is 5.97 Å². The summed E-state index contributed by atoms with van der Waals surface area (Å²) in [6, 6.07) is 1.82. The molecule has 4 heteroatoms. The molecule has 0 aromatic carbocycles. The molecule has 1 heterocycles. The Morgan fingerprint density at radius 2 is 1.89 bits per heavy atom. The molecule has 0 unspecified atom stereocenters. The fraction of sp³-hybridized carbons (Fsp3) is 0.600. The molecule has 2 aliphatic carbocycles. The average Bonchev–Trinajstić information content (AvgIpc) is 2.86. The second-order valence-electron chi connectivity index (χ2n) is 5.66. The van der Waals surface area contributed by atoms with E-state index in [0.717, 1.165) is 56.2 Å². The predicted octanol–water partition coefficient (Wildman–Crippen LogP) is 2.54. The molecule has 0 atom stereocenters. The van der Waals surface area contributed by atoms with E-state index in [0.29, 0.717) is 0 Å². The van der Waals surface area contributed by atoms with Crippen molar-refractivity contribution < 1.29 is 9.90 Å². The molecule has 0 amide bonds. The van der Waals surface area contributed by atoms with Crippen molar-refractivity contribution in [3.63, 3.8) is 0 Å². The fourth-order valence-corrected chi connectivity index (χ4v) is 3.55. The highest BCUT2D eigenvalue weighted by atomic mass is 16.4. The first-order valence-corrected chi connectivity index (χ1v) is 7.19. The number of carboxylic acid groups (broad SMARTS) is 1. The number of fused-ring (bicyclic) bond motifs is 1. The largest absolute Gasteiger partial charge is 0.477 e. The van der Waals surface area contributed by atoms with Crippen LogP contribution < -0.4 is 5.56 Å². The van der Waals surface area contributed by atoms with Crippen LogP contribution in [0.5, 0.6) is 0 Å². The fourth-order valence-electron chi connectivity index (χ4n) is 3.55. The third-order valence-electron chi connectivity index (χ3n) is 4.46. The van der Waals surface area contributed by atoms with E-state index in [1.54, 1.807) is 6.07 Å². The number of nitrogens with zero attached hydrogens (tertiary/aromatic N) is 1. The van der Waals surface area contributed by atoms with Crippen molar-refractivity contribution in [3.05, 3.63) is 33.2 Å². The molecule has 2 aliphatic rings. The number of aromatic carboxylic acids is 1. The zero-order valence-electron chi connectivity index (χ0n) is 11.0.